The normalized spacial score (nSPS) is 17.7. The Kier molecular flexibility index (Phi) is 6.01. The molecule has 2 aromatic rings. The topological polar surface area (TPSA) is 96.0 Å². The quantitative estimate of drug-likeness (QED) is 0.531. The second-order valence-electron chi connectivity index (χ2n) is 7.92. The van der Waals surface area contributed by atoms with E-state index in [-0.39, 0.29) is 6.61 Å². The minimum atomic E-state index is -0.710. The van der Waals surface area contributed by atoms with E-state index < -0.39 is 36.4 Å². The van der Waals surface area contributed by atoms with Gasteiger partial charge in [0.25, 0.3) is 5.91 Å². The van der Waals surface area contributed by atoms with Crippen molar-refractivity contribution >= 4 is 45.8 Å². The summed E-state index contributed by atoms with van der Waals surface area (Å²) < 4.78 is 5.18. The van der Waals surface area contributed by atoms with Gasteiger partial charge in [-0.3, -0.25) is 19.4 Å². The highest BCUT2D eigenvalue weighted by molar-refractivity contribution is 7.17. The van der Waals surface area contributed by atoms with Crippen molar-refractivity contribution in [3.63, 3.8) is 0 Å². The second-order valence-corrected chi connectivity index (χ2v) is 9.02. The molecule has 1 atom stereocenters. The number of imide groups is 1. The number of nitrogens with one attached hydrogen (secondary N) is 1. The van der Waals surface area contributed by atoms with Crippen LogP contribution in [0.3, 0.4) is 0 Å². The molecule has 2 aliphatic rings. The largest absolute Gasteiger partial charge is 0.462 e. The number of amides is 4. The summed E-state index contributed by atoms with van der Waals surface area (Å²) in [6.45, 7) is 5.12. The predicted molar refractivity (Wildman–Crippen MR) is 121 cm³/mol. The van der Waals surface area contributed by atoms with Crippen molar-refractivity contribution in [1.82, 2.24) is 4.90 Å². The van der Waals surface area contributed by atoms with Gasteiger partial charge in [-0.05, 0) is 57.7 Å². The Labute approximate surface area is 190 Å². The highest BCUT2D eigenvalue weighted by Crippen LogP contribution is 2.39. The Bertz CT molecular complexity index is 1090. The first-order valence-electron chi connectivity index (χ1n) is 10.6. The Balaban J connectivity index is 1.51. The molecule has 1 aromatic heterocycles. The Morgan fingerprint density at radius 3 is 2.59 bits per heavy atom. The summed E-state index contributed by atoms with van der Waals surface area (Å²) in [7, 11) is 0. The molecule has 2 heterocycles. The number of carbonyl (C=O) groups excluding carboxylic acids is 4. The van der Waals surface area contributed by atoms with Gasteiger partial charge in [-0.1, -0.05) is 17.7 Å². The zero-order valence-electron chi connectivity index (χ0n) is 18.3. The van der Waals surface area contributed by atoms with Crippen LogP contribution in [0.5, 0.6) is 0 Å². The molecule has 1 saturated heterocycles. The summed E-state index contributed by atoms with van der Waals surface area (Å²) in [5.74, 6) is -1.44. The standard InChI is InChI=1S/C23H25N3O5S/c1-4-31-22(29)19-16-6-5-7-17(16)32-20(19)24-18(27)12-25-21(28)14(3)26(23(25)30)15-10-8-13(2)9-11-15/h8-11,14H,4-7,12H2,1-3H3,(H,24,27)/t14-/m0/s1. The molecule has 4 amide bonds. The zero-order chi connectivity index (χ0) is 23.0. The molecule has 1 aliphatic heterocycles. The fourth-order valence-electron chi connectivity index (χ4n) is 4.13. The third-order valence-corrected chi connectivity index (χ3v) is 6.92. The molecular formula is C23H25N3O5S. The van der Waals surface area contributed by atoms with Gasteiger partial charge in [0.15, 0.2) is 0 Å². The number of aryl methyl sites for hydroxylation is 2. The molecule has 0 saturated carbocycles. The predicted octanol–water partition coefficient (Wildman–Crippen LogP) is 3.52. The lowest BCUT2D eigenvalue weighted by Gasteiger charge is -2.19. The summed E-state index contributed by atoms with van der Waals surface area (Å²) >= 11 is 1.36. The third-order valence-electron chi connectivity index (χ3n) is 5.72. The first-order valence-corrected chi connectivity index (χ1v) is 11.5. The maximum absolute atomic E-state index is 13.0. The number of benzene rings is 1. The Morgan fingerprint density at radius 1 is 1.19 bits per heavy atom. The lowest BCUT2D eigenvalue weighted by molar-refractivity contribution is -0.130. The van der Waals surface area contributed by atoms with Gasteiger partial charge >= 0.3 is 12.0 Å². The van der Waals surface area contributed by atoms with E-state index in [0.29, 0.717) is 16.3 Å². The number of thiophene rings is 1. The fourth-order valence-corrected chi connectivity index (χ4v) is 5.43. The van der Waals surface area contributed by atoms with E-state index in [1.165, 1.54) is 16.2 Å². The zero-order valence-corrected chi connectivity index (χ0v) is 19.1. The van der Waals surface area contributed by atoms with E-state index in [2.05, 4.69) is 5.32 Å². The van der Waals surface area contributed by atoms with Gasteiger partial charge in [0.2, 0.25) is 5.91 Å². The minimum Gasteiger partial charge on any atom is -0.462 e. The maximum atomic E-state index is 13.0. The SMILES string of the molecule is CCOC(=O)c1c(NC(=O)CN2C(=O)[C@H](C)N(c3ccc(C)cc3)C2=O)sc2c1CCC2. The van der Waals surface area contributed by atoms with Crippen molar-refractivity contribution in [2.24, 2.45) is 0 Å². The lowest BCUT2D eigenvalue weighted by Crippen LogP contribution is -2.39. The maximum Gasteiger partial charge on any atom is 0.341 e. The van der Waals surface area contributed by atoms with Crippen molar-refractivity contribution in [1.29, 1.82) is 0 Å². The summed E-state index contributed by atoms with van der Waals surface area (Å²) in [6, 6.07) is 6.03. The minimum absolute atomic E-state index is 0.236. The Hall–Kier alpha value is -3.20. The molecule has 8 nitrogen and oxygen atoms in total. The van der Waals surface area contributed by atoms with Crippen molar-refractivity contribution in [3.8, 4) is 0 Å². The van der Waals surface area contributed by atoms with Crippen molar-refractivity contribution in [3.05, 3.63) is 45.8 Å². The summed E-state index contributed by atoms with van der Waals surface area (Å²) in [5, 5.41) is 3.16. The van der Waals surface area contributed by atoms with Gasteiger partial charge in [-0.15, -0.1) is 11.3 Å². The first-order chi connectivity index (χ1) is 15.3. The van der Waals surface area contributed by atoms with Crippen LogP contribution in [0.25, 0.3) is 0 Å². The van der Waals surface area contributed by atoms with E-state index in [1.807, 2.05) is 19.1 Å². The summed E-state index contributed by atoms with van der Waals surface area (Å²) in [5.41, 5.74) is 2.96. The lowest BCUT2D eigenvalue weighted by atomic mass is 10.1. The number of carbonyl (C=O) groups is 4. The van der Waals surface area contributed by atoms with Crippen molar-refractivity contribution < 1.29 is 23.9 Å². The van der Waals surface area contributed by atoms with Gasteiger partial charge in [0.1, 0.15) is 17.6 Å². The third kappa shape index (κ3) is 3.88. The van der Waals surface area contributed by atoms with Crippen LogP contribution in [0, 0.1) is 6.92 Å². The monoisotopic (exact) mass is 455 g/mol. The number of hydrogen-bond acceptors (Lipinski definition) is 6. The highest BCUT2D eigenvalue weighted by atomic mass is 32.1. The molecule has 0 spiro atoms. The number of anilines is 2. The van der Waals surface area contributed by atoms with E-state index in [4.69, 9.17) is 4.74 Å². The second kappa shape index (κ2) is 8.74. The smallest absolute Gasteiger partial charge is 0.341 e. The molecule has 0 radical (unpaired) electrons. The molecule has 32 heavy (non-hydrogen) atoms. The number of urea groups is 1. The number of rotatable bonds is 6. The van der Waals surface area contributed by atoms with Crippen LogP contribution in [0.1, 0.15) is 46.6 Å². The van der Waals surface area contributed by atoms with Crippen LogP contribution in [0.2, 0.25) is 0 Å². The van der Waals surface area contributed by atoms with Gasteiger partial charge in [0, 0.05) is 10.6 Å². The number of hydrogen-bond donors (Lipinski definition) is 1. The van der Waals surface area contributed by atoms with Crippen LogP contribution in [0.4, 0.5) is 15.5 Å². The molecule has 0 unspecified atom stereocenters. The number of nitrogens with zero attached hydrogens (tertiary/aromatic N) is 2. The van der Waals surface area contributed by atoms with E-state index in [0.717, 1.165) is 40.2 Å². The number of ether oxygens (including phenoxy) is 1. The molecule has 1 fully saturated rings. The van der Waals surface area contributed by atoms with Gasteiger partial charge in [0.05, 0.1) is 12.2 Å². The van der Waals surface area contributed by atoms with Gasteiger partial charge < -0.3 is 10.1 Å². The molecule has 1 aliphatic carbocycles. The van der Waals surface area contributed by atoms with E-state index in [1.54, 1.807) is 26.0 Å². The van der Waals surface area contributed by atoms with Crippen molar-refractivity contribution in [2.75, 3.05) is 23.4 Å². The Morgan fingerprint density at radius 2 is 1.91 bits per heavy atom. The average Bonchev–Trinajstić information content (AvgIpc) is 3.38. The summed E-state index contributed by atoms with van der Waals surface area (Å²) in [6.07, 6.45) is 2.59. The van der Waals surface area contributed by atoms with Gasteiger partial charge in [-0.2, -0.15) is 0 Å². The van der Waals surface area contributed by atoms with Crippen LogP contribution in [-0.4, -0.2) is 47.9 Å². The average molecular weight is 456 g/mol. The van der Waals surface area contributed by atoms with E-state index >= 15 is 0 Å². The first kappa shape index (κ1) is 22.0. The van der Waals surface area contributed by atoms with Gasteiger partial charge in [-0.25, -0.2) is 9.59 Å². The molecule has 0 bridgehead atoms. The molecule has 9 heteroatoms. The number of esters is 1. The number of fused-ring (bicyclic) bond motifs is 1. The fraction of sp³-hybridized carbons (Fsp3) is 0.391. The molecule has 4 rings (SSSR count). The van der Waals surface area contributed by atoms with Crippen molar-refractivity contribution in [2.45, 2.75) is 46.1 Å². The summed E-state index contributed by atoms with van der Waals surface area (Å²) in [4.78, 5) is 54.4. The highest BCUT2D eigenvalue weighted by Gasteiger charge is 2.44. The van der Waals surface area contributed by atoms with Crippen LogP contribution < -0.4 is 10.2 Å². The molecule has 168 valence electrons. The van der Waals surface area contributed by atoms with E-state index in [9.17, 15) is 19.2 Å². The molecule has 1 N–H and O–H groups in total. The van der Waals surface area contributed by atoms with Crippen LogP contribution in [-0.2, 0) is 27.2 Å². The van der Waals surface area contributed by atoms with Crippen LogP contribution in [0.15, 0.2) is 24.3 Å². The molecule has 1 aromatic carbocycles. The molecular weight excluding hydrogens is 430 g/mol. The van der Waals surface area contributed by atoms with Crippen LogP contribution >= 0.6 is 11.3 Å².